The number of hydrogen-bond donors (Lipinski definition) is 1. The normalized spacial score (nSPS) is 10.8. The standard InChI is InChI=1S/C24H21ClN2O5/c1-30-21-11-16-10-17(23(28)26-19(16)12-22(21)31-2)14-27(24(29)20-8-5-9-32-20)13-15-6-3-4-7-18(15)25/h3-12H,13-14H2,1-2H3,(H,26,28). The molecule has 0 aliphatic carbocycles. The topological polar surface area (TPSA) is 84.8 Å². The molecule has 1 amide bonds. The van der Waals surface area contributed by atoms with Gasteiger partial charge in [0.25, 0.3) is 11.5 Å². The molecule has 0 bridgehead atoms. The summed E-state index contributed by atoms with van der Waals surface area (Å²) in [4.78, 5) is 30.3. The van der Waals surface area contributed by atoms with Crippen LogP contribution in [0.4, 0.5) is 0 Å². The Morgan fingerprint density at radius 2 is 1.72 bits per heavy atom. The molecule has 0 saturated carbocycles. The quantitative estimate of drug-likeness (QED) is 0.441. The monoisotopic (exact) mass is 452 g/mol. The number of rotatable bonds is 7. The van der Waals surface area contributed by atoms with Crippen molar-refractivity contribution in [3.8, 4) is 11.5 Å². The molecule has 2 aromatic heterocycles. The van der Waals surface area contributed by atoms with Crippen molar-refractivity contribution in [1.82, 2.24) is 9.88 Å². The highest BCUT2D eigenvalue weighted by Gasteiger charge is 2.21. The first kappa shape index (κ1) is 21.5. The molecule has 0 fully saturated rings. The molecule has 2 heterocycles. The Morgan fingerprint density at radius 3 is 2.41 bits per heavy atom. The van der Waals surface area contributed by atoms with E-state index in [-0.39, 0.29) is 30.3 Å². The van der Waals surface area contributed by atoms with Gasteiger partial charge in [0.2, 0.25) is 0 Å². The van der Waals surface area contributed by atoms with E-state index in [1.54, 1.807) is 43.5 Å². The summed E-state index contributed by atoms with van der Waals surface area (Å²) >= 11 is 6.32. The smallest absolute Gasteiger partial charge is 0.290 e. The number of pyridine rings is 1. The number of furan rings is 1. The minimum absolute atomic E-state index is 0.0599. The average molecular weight is 453 g/mol. The van der Waals surface area contributed by atoms with Crippen molar-refractivity contribution in [2.75, 3.05) is 14.2 Å². The number of aromatic nitrogens is 1. The number of amides is 1. The second-order valence-corrected chi connectivity index (χ2v) is 7.56. The van der Waals surface area contributed by atoms with Crippen LogP contribution in [0.3, 0.4) is 0 Å². The van der Waals surface area contributed by atoms with E-state index < -0.39 is 0 Å². The van der Waals surface area contributed by atoms with Crippen molar-refractivity contribution in [1.29, 1.82) is 0 Å². The summed E-state index contributed by atoms with van der Waals surface area (Å²) < 4.78 is 16.0. The fourth-order valence-corrected chi connectivity index (χ4v) is 3.68. The number of ether oxygens (including phenoxy) is 2. The SMILES string of the molecule is COc1cc2cc(CN(Cc3ccccc3Cl)C(=O)c3ccco3)c(=O)[nH]c2cc1OC. The van der Waals surface area contributed by atoms with Gasteiger partial charge in [-0.3, -0.25) is 9.59 Å². The minimum atomic E-state index is -0.346. The van der Waals surface area contributed by atoms with E-state index in [1.807, 2.05) is 18.2 Å². The predicted molar refractivity (Wildman–Crippen MR) is 121 cm³/mol. The summed E-state index contributed by atoms with van der Waals surface area (Å²) in [6.45, 7) is 0.271. The largest absolute Gasteiger partial charge is 0.493 e. The molecule has 4 rings (SSSR count). The van der Waals surface area contributed by atoms with Gasteiger partial charge in [-0.1, -0.05) is 29.8 Å². The van der Waals surface area contributed by atoms with Gasteiger partial charge in [0, 0.05) is 28.6 Å². The van der Waals surface area contributed by atoms with Crippen LogP contribution in [-0.2, 0) is 13.1 Å². The van der Waals surface area contributed by atoms with Gasteiger partial charge in [0.1, 0.15) is 0 Å². The lowest BCUT2D eigenvalue weighted by Gasteiger charge is -2.22. The first-order chi connectivity index (χ1) is 15.5. The lowest BCUT2D eigenvalue weighted by atomic mass is 10.1. The maximum Gasteiger partial charge on any atom is 0.290 e. The van der Waals surface area contributed by atoms with E-state index in [9.17, 15) is 9.59 Å². The van der Waals surface area contributed by atoms with Crippen molar-refractivity contribution in [3.63, 3.8) is 0 Å². The van der Waals surface area contributed by atoms with Crippen LogP contribution in [0.1, 0.15) is 21.7 Å². The van der Waals surface area contributed by atoms with E-state index in [4.69, 9.17) is 25.5 Å². The molecule has 32 heavy (non-hydrogen) atoms. The summed E-state index contributed by atoms with van der Waals surface area (Å²) in [5, 5.41) is 1.29. The molecule has 7 nitrogen and oxygen atoms in total. The Hall–Kier alpha value is -3.71. The second-order valence-electron chi connectivity index (χ2n) is 7.15. The summed E-state index contributed by atoms with van der Waals surface area (Å²) in [5.41, 5.74) is 1.47. The third-order valence-electron chi connectivity index (χ3n) is 5.12. The van der Waals surface area contributed by atoms with Crippen molar-refractivity contribution in [2.45, 2.75) is 13.1 Å². The molecular weight excluding hydrogens is 432 g/mol. The molecule has 0 aliphatic heterocycles. The molecule has 0 spiro atoms. The highest BCUT2D eigenvalue weighted by molar-refractivity contribution is 6.31. The van der Waals surface area contributed by atoms with Crippen LogP contribution in [-0.4, -0.2) is 30.0 Å². The molecular formula is C24H21ClN2O5. The zero-order valence-corrected chi connectivity index (χ0v) is 18.3. The van der Waals surface area contributed by atoms with Gasteiger partial charge >= 0.3 is 0 Å². The fraction of sp³-hybridized carbons (Fsp3) is 0.167. The van der Waals surface area contributed by atoms with Gasteiger partial charge < -0.3 is 23.8 Å². The van der Waals surface area contributed by atoms with E-state index in [1.165, 1.54) is 18.3 Å². The highest BCUT2D eigenvalue weighted by Crippen LogP contribution is 2.31. The van der Waals surface area contributed by atoms with Gasteiger partial charge in [0.05, 0.1) is 32.5 Å². The Kier molecular flexibility index (Phi) is 6.18. The number of fused-ring (bicyclic) bond motifs is 1. The Bertz CT molecular complexity index is 1310. The van der Waals surface area contributed by atoms with E-state index >= 15 is 0 Å². The predicted octanol–water partition coefficient (Wildman–Crippen LogP) is 4.63. The van der Waals surface area contributed by atoms with E-state index in [0.717, 1.165) is 10.9 Å². The fourth-order valence-electron chi connectivity index (χ4n) is 3.49. The van der Waals surface area contributed by atoms with E-state index in [0.29, 0.717) is 27.6 Å². The number of nitrogens with zero attached hydrogens (tertiary/aromatic N) is 1. The van der Waals surface area contributed by atoms with Crippen LogP contribution in [0.15, 0.2) is 70.1 Å². The Labute approximate surface area is 189 Å². The average Bonchev–Trinajstić information content (AvgIpc) is 3.34. The Balaban J connectivity index is 1.73. The third kappa shape index (κ3) is 4.33. The van der Waals surface area contributed by atoms with Crippen molar-refractivity contribution in [3.05, 3.63) is 93.1 Å². The number of aromatic amines is 1. The molecule has 0 radical (unpaired) electrons. The van der Waals surface area contributed by atoms with Crippen LogP contribution in [0.25, 0.3) is 10.9 Å². The number of benzene rings is 2. The van der Waals surface area contributed by atoms with Crippen molar-refractivity contribution in [2.24, 2.45) is 0 Å². The minimum Gasteiger partial charge on any atom is -0.493 e. The number of halogens is 1. The lowest BCUT2D eigenvalue weighted by molar-refractivity contribution is 0.0697. The van der Waals surface area contributed by atoms with Crippen LogP contribution >= 0.6 is 11.6 Å². The maximum absolute atomic E-state index is 13.1. The number of carbonyl (C=O) groups excluding carboxylic acids is 1. The van der Waals surface area contributed by atoms with Crippen molar-refractivity contribution < 1.29 is 18.7 Å². The number of nitrogens with one attached hydrogen (secondary N) is 1. The second kappa shape index (κ2) is 9.20. The van der Waals surface area contributed by atoms with Crippen LogP contribution in [0.2, 0.25) is 5.02 Å². The van der Waals surface area contributed by atoms with Crippen LogP contribution in [0.5, 0.6) is 11.5 Å². The summed E-state index contributed by atoms with van der Waals surface area (Å²) in [5.74, 6) is 0.886. The first-order valence-corrected chi connectivity index (χ1v) is 10.2. The molecule has 164 valence electrons. The van der Waals surface area contributed by atoms with E-state index in [2.05, 4.69) is 4.98 Å². The highest BCUT2D eigenvalue weighted by atomic mass is 35.5. The molecule has 1 N–H and O–H groups in total. The molecule has 0 aliphatic rings. The summed E-state index contributed by atoms with van der Waals surface area (Å²) in [7, 11) is 3.08. The Morgan fingerprint density at radius 1 is 1.00 bits per heavy atom. The van der Waals surface area contributed by atoms with Gasteiger partial charge in [0.15, 0.2) is 17.3 Å². The number of carbonyl (C=O) groups is 1. The number of methoxy groups -OCH3 is 2. The van der Waals surface area contributed by atoms with Gasteiger partial charge in [-0.2, -0.15) is 0 Å². The number of hydrogen-bond acceptors (Lipinski definition) is 5. The van der Waals surface area contributed by atoms with Crippen LogP contribution < -0.4 is 15.0 Å². The summed E-state index contributed by atoms with van der Waals surface area (Å²) in [6, 6.07) is 15.7. The molecule has 2 aromatic carbocycles. The van der Waals surface area contributed by atoms with Gasteiger partial charge in [-0.05, 0) is 35.9 Å². The maximum atomic E-state index is 13.1. The molecule has 0 atom stereocenters. The first-order valence-electron chi connectivity index (χ1n) is 9.84. The van der Waals surface area contributed by atoms with Gasteiger partial charge in [-0.25, -0.2) is 0 Å². The van der Waals surface area contributed by atoms with Crippen LogP contribution in [0, 0.1) is 0 Å². The zero-order valence-electron chi connectivity index (χ0n) is 17.6. The molecule has 4 aromatic rings. The molecule has 8 heteroatoms. The number of H-pyrrole nitrogens is 1. The molecule has 0 unspecified atom stereocenters. The third-order valence-corrected chi connectivity index (χ3v) is 5.49. The zero-order chi connectivity index (χ0) is 22.7. The van der Waals surface area contributed by atoms with Crippen molar-refractivity contribution >= 4 is 28.4 Å². The summed E-state index contributed by atoms with van der Waals surface area (Å²) in [6.07, 6.45) is 1.43. The molecule has 0 saturated heterocycles. The lowest BCUT2D eigenvalue weighted by Crippen LogP contribution is -2.32. The van der Waals surface area contributed by atoms with Gasteiger partial charge in [-0.15, -0.1) is 0 Å².